The average Bonchev–Trinajstić information content (AvgIpc) is 3.37. The van der Waals surface area contributed by atoms with Gasteiger partial charge in [0.25, 0.3) is 5.91 Å². The van der Waals surface area contributed by atoms with Gasteiger partial charge in [-0.3, -0.25) is 4.79 Å². The van der Waals surface area contributed by atoms with E-state index in [1.54, 1.807) is 22.3 Å². The summed E-state index contributed by atoms with van der Waals surface area (Å²) in [7, 11) is 0. The molecule has 1 amide bonds. The minimum Gasteiger partial charge on any atom is -0.448 e. The highest BCUT2D eigenvalue weighted by atomic mass is 79.9. The summed E-state index contributed by atoms with van der Waals surface area (Å²) in [6.45, 7) is 0.668. The Morgan fingerprint density at radius 1 is 1.15 bits per heavy atom. The standard InChI is InChI=1S/C20H13BrN2O2S/c21-13-5-6-15-12(11-13)9-10-23(15)20(24)17-8-7-16(25-17)19-22-14-3-1-2-4-18(14)26-19/h1-8,11H,9-10H2. The van der Waals surface area contributed by atoms with E-state index in [0.717, 1.165) is 31.8 Å². The van der Waals surface area contributed by atoms with E-state index < -0.39 is 0 Å². The quantitative estimate of drug-likeness (QED) is 0.425. The van der Waals surface area contributed by atoms with Crippen LogP contribution in [0.15, 0.2) is 63.5 Å². The Morgan fingerprint density at radius 3 is 2.92 bits per heavy atom. The SMILES string of the molecule is O=C(c1ccc(-c2nc3ccccc3s2)o1)N1CCc2cc(Br)ccc21. The molecule has 5 rings (SSSR count). The van der Waals surface area contributed by atoms with E-state index in [-0.39, 0.29) is 5.91 Å². The van der Waals surface area contributed by atoms with Gasteiger partial charge in [0, 0.05) is 16.7 Å². The van der Waals surface area contributed by atoms with E-state index in [0.29, 0.717) is 18.1 Å². The van der Waals surface area contributed by atoms with Crippen molar-refractivity contribution >= 4 is 49.1 Å². The minimum absolute atomic E-state index is 0.113. The summed E-state index contributed by atoms with van der Waals surface area (Å²) in [4.78, 5) is 19.3. The molecule has 0 aliphatic carbocycles. The monoisotopic (exact) mass is 424 g/mol. The number of halogens is 1. The van der Waals surface area contributed by atoms with Crippen LogP contribution in [0.25, 0.3) is 21.0 Å². The van der Waals surface area contributed by atoms with Crippen molar-refractivity contribution in [1.82, 2.24) is 4.98 Å². The number of carbonyl (C=O) groups is 1. The first-order valence-corrected chi connectivity index (χ1v) is 9.86. The smallest absolute Gasteiger partial charge is 0.294 e. The Labute approximate surface area is 162 Å². The number of anilines is 1. The third-order valence-corrected chi connectivity index (χ3v) is 6.05. The van der Waals surface area contributed by atoms with E-state index in [1.165, 1.54) is 5.56 Å². The van der Waals surface area contributed by atoms with E-state index in [1.807, 2.05) is 42.5 Å². The second-order valence-corrected chi connectivity index (χ2v) is 8.08. The molecule has 0 spiro atoms. The van der Waals surface area contributed by atoms with Gasteiger partial charge in [-0.2, -0.15) is 0 Å². The number of nitrogens with zero attached hydrogens (tertiary/aromatic N) is 2. The Hall–Kier alpha value is -2.44. The molecule has 1 aliphatic heterocycles. The zero-order chi connectivity index (χ0) is 17.7. The molecule has 1 aliphatic rings. The van der Waals surface area contributed by atoms with E-state index in [4.69, 9.17) is 4.42 Å². The molecular formula is C20H13BrN2O2S. The van der Waals surface area contributed by atoms with Crippen LogP contribution in [0.1, 0.15) is 16.1 Å². The highest BCUT2D eigenvalue weighted by Gasteiger charge is 2.28. The van der Waals surface area contributed by atoms with Gasteiger partial charge in [0.15, 0.2) is 16.5 Å². The van der Waals surface area contributed by atoms with Crippen LogP contribution in [0, 0.1) is 0 Å². The molecule has 26 heavy (non-hydrogen) atoms. The number of thiazole rings is 1. The van der Waals surface area contributed by atoms with Crippen molar-refractivity contribution in [3.05, 3.63) is 70.4 Å². The lowest BCUT2D eigenvalue weighted by molar-refractivity contribution is 0.0963. The molecule has 0 radical (unpaired) electrons. The van der Waals surface area contributed by atoms with Crippen LogP contribution in [0.5, 0.6) is 0 Å². The fourth-order valence-electron chi connectivity index (χ4n) is 3.26. The second kappa shape index (κ2) is 6.07. The molecule has 0 saturated heterocycles. The Kier molecular flexibility index (Phi) is 3.69. The summed E-state index contributed by atoms with van der Waals surface area (Å²) in [5, 5.41) is 0.788. The number of hydrogen-bond donors (Lipinski definition) is 0. The number of aromatic nitrogens is 1. The molecule has 4 aromatic rings. The topological polar surface area (TPSA) is 46.3 Å². The van der Waals surface area contributed by atoms with Crippen LogP contribution in [0.3, 0.4) is 0 Å². The number of hydrogen-bond acceptors (Lipinski definition) is 4. The molecule has 3 heterocycles. The van der Waals surface area contributed by atoms with Crippen molar-refractivity contribution in [1.29, 1.82) is 0 Å². The third kappa shape index (κ3) is 2.57. The number of amides is 1. The van der Waals surface area contributed by atoms with Crippen LogP contribution in [-0.2, 0) is 6.42 Å². The normalized spacial score (nSPS) is 13.3. The molecule has 0 N–H and O–H groups in total. The summed E-state index contributed by atoms with van der Waals surface area (Å²) in [6, 6.07) is 17.5. The second-order valence-electron chi connectivity index (χ2n) is 6.13. The molecule has 0 unspecified atom stereocenters. The lowest BCUT2D eigenvalue weighted by Gasteiger charge is -2.15. The fraction of sp³-hybridized carbons (Fsp3) is 0.100. The van der Waals surface area contributed by atoms with Crippen LogP contribution >= 0.6 is 27.3 Å². The van der Waals surface area contributed by atoms with Crippen LogP contribution in [-0.4, -0.2) is 17.4 Å². The molecule has 0 bridgehead atoms. The van der Waals surface area contributed by atoms with Crippen molar-refractivity contribution in [3.63, 3.8) is 0 Å². The fourth-order valence-corrected chi connectivity index (χ4v) is 4.60. The van der Waals surface area contributed by atoms with E-state index in [2.05, 4.69) is 27.0 Å². The van der Waals surface area contributed by atoms with Gasteiger partial charge in [0.2, 0.25) is 0 Å². The number of carbonyl (C=O) groups excluding carboxylic acids is 1. The van der Waals surface area contributed by atoms with Crippen molar-refractivity contribution < 1.29 is 9.21 Å². The van der Waals surface area contributed by atoms with Crippen LogP contribution < -0.4 is 4.90 Å². The van der Waals surface area contributed by atoms with Gasteiger partial charge in [-0.15, -0.1) is 11.3 Å². The molecule has 6 heteroatoms. The Morgan fingerprint density at radius 2 is 2.04 bits per heavy atom. The summed E-state index contributed by atoms with van der Waals surface area (Å²) < 4.78 is 7.99. The predicted molar refractivity (Wildman–Crippen MR) is 107 cm³/mol. The number of furan rings is 1. The highest BCUT2D eigenvalue weighted by Crippen LogP contribution is 2.34. The van der Waals surface area contributed by atoms with Crippen molar-refractivity contribution in [2.75, 3.05) is 11.4 Å². The zero-order valence-electron chi connectivity index (χ0n) is 13.6. The molecule has 128 valence electrons. The number of rotatable bonds is 2. The van der Waals surface area contributed by atoms with E-state index in [9.17, 15) is 4.79 Å². The number of fused-ring (bicyclic) bond motifs is 2. The minimum atomic E-state index is -0.113. The van der Waals surface area contributed by atoms with Gasteiger partial charge >= 0.3 is 0 Å². The maximum absolute atomic E-state index is 12.9. The van der Waals surface area contributed by atoms with Gasteiger partial charge in [-0.1, -0.05) is 28.1 Å². The van der Waals surface area contributed by atoms with Gasteiger partial charge in [-0.25, -0.2) is 4.98 Å². The lowest BCUT2D eigenvalue weighted by atomic mass is 10.2. The van der Waals surface area contributed by atoms with Crippen molar-refractivity contribution in [3.8, 4) is 10.8 Å². The zero-order valence-corrected chi connectivity index (χ0v) is 16.0. The van der Waals surface area contributed by atoms with Crippen molar-refractivity contribution in [2.24, 2.45) is 0 Å². The van der Waals surface area contributed by atoms with E-state index >= 15 is 0 Å². The van der Waals surface area contributed by atoms with Crippen LogP contribution in [0.2, 0.25) is 0 Å². The molecule has 0 atom stereocenters. The largest absolute Gasteiger partial charge is 0.448 e. The average molecular weight is 425 g/mol. The molecule has 0 fully saturated rings. The van der Waals surface area contributed by atoms with Crippen molar-refractivity contribution in [2.45, 2.75) is 6.42 Å². The molecular weight excluding hydrogens is 412 g/mol. The Bertz CT molecular complexity index is 1110. The number of benzene rings is 2. The Balaban J connectivity index is 1.46. The van der Waals surface area contributed by atoms with Gasteiger partial charge in [-0.05, 0) is 54.4 Å². The summed E-state index contributed by atoms with van der Waals surface area (Å²) in [6.07, 6.45) is 0.853. The predicted octanol–water partition coefficient (Wildman–Crippen LogP) is 5.52. The first-order valence-electron chi connectivity index (χ1n) is 8.25. The first kappa shape index (κ1) is 15.8. The third-order valence-electron chi connectivity index (χ3n) is 4.50. The van der Waals surface area contributed by atoms with Gasteiger partial charge in [0.05, 0.1) is 10.2 Å². The summed E-state index contributed by atoms with van der Waals surface area (Å²) in [5.41, 5.74) is 3.07. The van der Waals surface area contributed by atoms with Gasteiger partial charge in [0.1, 0.15) is 0 Å². The highest BCUT2D eigenvalue weighted by molar-refractivity contribution is 9.10. The maximum atomic E-state index is 12.9. The maximum Gasteiger partial charge on any atom is 0.294 e. The molecule has 2 aromatic carbocycles. The lowest BCUT2D eigenvalue weighted by Crippen LogP contribution is -2.28. The van der Waals surface area contributed by atoms with Gasteiger partial charge < -0.3 is 9.32 Å². The van der Waals surface area contributed by atoms with Crippen LogP contribution in [0.4, 0.5) is 5.69 Å². The summed E-state index contributed by atoms with van der Waals surface area (Å²) >= 11 is 5.05. The summed E-state index contributed by atoms with van der Waals surface area (Å²) in [5.74, 6) is 0.859. The number of para-hydroxylation sites is 1. The molecule has 2 aromatic heterocycles. The molecule has 4 nitrogen and oxygen atoms in total. The molecule has 0 saturated carbocycles. The first-order chi connectivity index (χ1) is 12.7.